The summed E-state index contributed by atoms with van der Waals surface area (Å²) in [5, 5.41) is 12.3. The van der Waals surface area contributed by atoms with Crippen LogP contribution in [0, 0.1) is 5.92 Å². The molecule has 1 aromatic carbocycles. The molecule has 1 rings (SSSR count). The number of anilines is 1. The van der Waals surface area contributed by atoms with E-state index in [4.69, 9.17) is 5.73 Å². The molecule has 4 N–H and O–H groups in total. The molecule has 0 radical (unpaired) electrons. The number of amides is 1. The van der Waals surface area contributed by atoms with Crippen molar-refractivity contribution in [2.75, 3.05) is 11.9 Å². The van der Waals surface area contributed by atoms with Gasteiger partial charge in [0.05, 0.1) is 5.69 Å². The number of carbonyl (C=O) groups excluding carboxylic acids is 1. The Balaban J connectivity index is 2.64. The summed E-state index contributed by atoms with van der Waals surface area (Å²) in [5.74, 6) is -0.156. The monoisotopic (exact) mass is 300 g/mol. The Morgan fingerprint density at radius 2 is 2.29 bits per heavy atom. The highest BCUT2D eigenvalue weighted by Crippen LogP contribution is 2.27. The lowest BCUT2D eigenvalue weighted by atomic mass is 10.0. The van der Waals surface area contributed by atoms with Crippen molar-refractivity contribution in [3.05, 3.63) is 22.7 Å². The minimum atomic E-state index is -0.114. The number of rotatable bonds is 5. The van der Waals surface area contributed by atoms with Gasteiger partial charge in [-0.3, -0.25) is 4.79 Å². The van der Waals surface area contributed by atoms with Crippen molar-refractivity contribution in [3.8, 4) is 5.75 Å². The first-order chi connectivity index (χ1) is 8.04. The predicted molar refractivity (Wildman–Crippen MR) is 71.9 cm³/mol. The van der Waals surface area contributed by atoms with Crippen molar-refractivity contribution in [2.24, 2.45) is 11.7 Å². The van der Waals surface area contributed by atoms with Gasteiger partial charge in [0.25, 0.3) is 0 Å². The van der Waals surface area contributed by atoms with E-state index in [2.05, 4.69) is 21.2 Å². The lowest BCUT2D eigenvalue weighted by Gasteiger charge is -2.12. The third-order valence-corrected chi connectivity index (χ3v) is 3.00. The van der Waals surface area contributed by atoms with E-state index >= 15 is 0 Å². The number of nitrogens with one attached hydrogen (secondary N) is 1. The van der Waals surface area contributed by atoms with E-state index < -0.39 is 0 Å². The third-order valence-electron chi connectivity index (χ3n) is 2.51. The average Bonchev–Trinajstić information content (AvgIpc) is 2.30. The average molecular weight is 301 g/mol. The minimum absolute atomic E-state index is 0.0626. The van der Waals surface area contributed by atoms with E-state index in [1.54, 1.807) is 12.1 Å². The standard InChI is InChI=1S/C12H17BrN2O2/c1-8(3-2-6-14)12(17)15-10-7-9(13)4-5-11(10)16/h4-5,7-8,16H,2-3,6,14H2,1H3,(H,15,17). The maximum atomic E-state index is 11.8. The van der Waals surface area contributed by atoms with Gasteiger partial charge in [-0.05, 0) is 37.6 Å². The molecule has 1 amide bonds. The molecule has 0 aliphatic rings. The Morgan fingerprint density at radius 1 is 1.59 bits per heavy atom. The molecule has 0 saturated heterocycles. The second-order valence-electron chi connectivity index (χ2n) is 3.98. The molecule has 0 aromatic heterocycles. The van der Waals surface area contributed by atoms with Crippen molar-refractivity contribution >= 4 is 27.5 Å². The quantitative estimate of drug-likeness (QED) is 0.731. The van der Waals surface area contributed by atoms with Crippen LogP contribution in [0.3, 0.4) is 0 Å². The van der Waals surface area contributed by atoms with Gasteiger partial charge in [-0.2, -0.15) is 0 Å². The summed E-state index contributed by atoms with van der Waals surface area (Å²) in [6, 6.07) is 4.91. The molecule has 0 bridgehead atoms. The highest BCUT2D eigenvalue weighted by atomic mass is 79.9. The number of benzene rings is 1. The lowest BCUT2D eigenvalue weighted by molar-refractivity contribution is -0.119. The first kappa shape index (κ1) is 14.0. The Hall–Kier alpha value is -1.07. The molecule has 0 fully saturated rings. The maximum Gasteiger partial charge on any atom is 0.227 e. The van der Waals surface area contributed by atoms with Crippen LogP contribution in [-0.4, -0.2) is 17.6 Å². The van der Waals surface area contributed by atoms with Crippen LogP contribution in [0.2, 0.25) is 0 Å². The summed E-state index contributed by atoms with van der Waals surface area (Å²) in [7, 11) is 0. The molecule has 0 saturated carbocycles. The van der Waals surface area contributed by atoms with Crippen LogP contribution in [0.15, 0.2) is 22.7 Å². The Kier molecular flexibility index (Phi) is 5.44. The number of phenols is 1. The Bertz CT molecular complexity index is 396. The van der Waals surface area contributed by atoms with Crippen LogP contribution in [0.25, 0.3) is 0 Å². The maximum absolute atomic E-state index is 11.8. The molecule has 0 spiro atoms. The van der Waals surface area contributed by atoms with Gasteiger partial charge in [0.2, 0.25) is 5.91 Å². The topological polar surface area (TPSA) is 75.4 Å². The SMILES string of the molecule is CC(CCCN)C(=O)Nc1cc(Br)ccc1O. The van der Waals surface area contributed by atoms with Crippen molar-refractivity contribution < 1.29 is 9.90 Å². The molecule has 1 unspecified atom stereocenters. The molecule has 5 heteroatoms. The van der Waals surface area contributed by atoms with E-state index in [1.165, 1.54) is 6.07 Å². The highest BCUT2D eigenvalue weighted by Gasteiger charge is 2.14. The largest absolute Gasteiger partial charge is 0.506 e. The summed E-state index contributed by atoms with van der Waals surface area (Å²) in [4.78, 5) is 11.8. The highest BCUT2D eigenvalue weighted by molar-refractivity contribution is 9.10. The van der Waals surface area contributed by atoms with Gasteiger partial charge in [-0.25, -0.2) is 0 Å². The van der Waals surface area contributed by atoms with Crippen LogP contribution < -0.4 is 11.1 Å². The molecule has 1 atom stereocenters. The number of halogens is 1. The molecule has 0 heterocycles. The summed E-state index contributed by atoms with van der Waals surface area (Å²) < 4.78 is 0.806. The van der Waals surface area contributed by atoms with Crippen LogP contribution in [-0.2, 0) is 4.79 Å². The van der Waals surface area contributed by atoms with Gasteiger partial charge in [0, 0.05) is 10.4 Å². The van der Waals surface area contributed by atoms with E-state index in [0.29, 0.717) is 12.2 Å². The number of nitrogens with two attached hydrogens (primary N) is 1. The first-order valence-corrected chi connectivity index (χ1v) is 6.33. The Morgan fingerprint density at radius 3 is 2.94 bits per heavy atom. The molecule has 0 aliphatic carbocycles. The predicted octanol–water partition coefficient (Wildman–Crippen LogP) is 2.47. The first-order valence-electron chi connectivity index (χ1n) is 5.54. The molecule has 1 aromatic rings. The molecule has 0 aliphatic heterocycles. The van der Waals surface area contributed by atoms with Crippen molar-refractivity contribution in [2.45, 2.75) is 19.8 Å². The number of hydrogen-bond acceptors (Lipinski definition) is 3. The zero-order chi connectivity index (χ0) is 12.8. The summed E-state index contributed by atoms with van der Waals surface area (Å²) in [6.45, 7) is 2.43. The number of aromatic hydroxyl groups is 1. The lowest BCUT2D eigenvalue weighted by Crippen LogP contribution is -2.21. The molecular weight excluding hydrogens is 284 g/mol. The summed E-state index contributed by atoms with van der Waals surface area (Å²) in [5.41, 5.74) is 5.82. The second kappa shape index (κ2) is 6.61. The zero-order valence-electron chi connectivity index (χ0n) is 9.74. The normalized spacial score (nSPS) is 12.2. The number of phenolic OH excluding ortho intramolecular Hbond substituents is 1. The van der Waals surface area contributed by atoms with Gasteiger partial charge >= 0.3 is 0 Å². The number of carbonyl (C=O) groups is 1. The smallest absolute Gasteiger partial charge is 0.227 e. The van der Waals surface area contributed by atoms with Crippen molar-refractivity contribution in [1.82, 2.24) is 0 Å². The van der Waals surface area contributed by atoms with E-state index in [-0.39, 0.29) is 17.6 Å². The van der Waals surface area contributed by atoms with Crippen molar-refractivity contribution in [1.29, 1.82) is 0 Å². The van der Waals surface area contributed by atoms with Crippen LogP contribution in [0.5, 0.6) is 5.75 Å². The fourth-order valence-corrected chi connectivity index (χ4v) is 1.78. The van der Waals surface area contributed by atoms with E-state index in [0.717, 1.165) is 17.3 Å². The molecular formula is C12H17BrN2O2. The van der Waals surface area contributed by atoms with Crippen molar-refractivity contribution in [3.63, 3.8) is 0 Å². The summed E-state index contributed by atoms with van der Waals surface area (Å²) >= 11 is 3.29. The van der Waals surface area contributed by atoms with E-state index in [9.17, 15) is 9.90 Å². The Labute approximate surface area is 109 Å². The second-order valence-corrected chi connectivity index (χ2v) is 4.90. The fourth-order valence-electron chi connectivity index (χ4n) is 1.42. The summed E-state index contributed by atoms with van der Waals surface area (Å²) in [6.07, 6.45) is 1.57. The van der Waals surface area contributed by atoms with Gasteiger partial charge in [-0.15, -0.1) is 0 Å². The van der Waals surface area contributed by atoms with Gasteiger partial charge in [0.15, 0.2) is 0 Å². The minimum Gasteiger partial charge on any atom is -0.506 e. The van der Waals surface area contributed by atoms with Gasteiger partial charge < -0.3 is 16.2 Å². The van der Waals surface area contributed by atoms with Crippen LogP contribution in [0.1, 0.15) is 19.8 Å². The van der Waals surface area contributed by atoms with Gasteiger partial charge in [-0.1, -0.05) is 22.9 Å². The number of hydrogen-bond donors (Lipinski definition) is 3. The molecule has 4 nitrogen and oxygen atoms in total. The van der Waals surface area contributed by atoms with Crippen LogP contribution >= 0.6 is 15.9 Å². The van der Waals surface area contributed by atoms with E-state index in [1.807, 2.05) is 6.92 Å². The van der Waals surface area contributed by atoms with Gasteiger partial charge in [0.1, 0.15) is 5.75 Å². The fraction of sp³-hybridized carbons (Fsp3) is 0.417. The molecule has 94 valence electrons. The third kappa shape index (κ3) is 4.36. The zero-order valence-corrected chi connectivity index (χ0v) is 11.3. The molecule has 17 heavy (non-hydrogen) atoms. The van der Waals surface area contributed by atoms with Crippen LogP contribution in [0.4, 0.5) is 5.69 Å².